The van der Waals surface area contributed by atoms with Gasteiger partial charge >= 0.3 is 0 Å². The van der Waals surface area contributed by atoms with E-state index in [0.29, 0.717) is 0 Å². The van der Waals surface area contributed by atoms with E-state index in [-0.39, 0.29) is 16.8 Å². The Morgan fingerprint density at radius 1 is 1.30 bits per heavy atom. The molecule has 0 saturated carbocycles. The number of amides is 1. The fourth-order valence-electron chi connectivity index (χ4n) is 1.47. The summed E-state index contributed by atoms with van der Waals surface area (Å²) in [4.78, 5) is 13.0. The Morgan fingerprint density at radius 2 is 2.10 bits per heavy atom. The predicted molar refractivity (Wildman–Crippen MR) is 82.4 cm³/mol. The number of halogens is 1. The van der Waals surface area contributed by atoms with E-state index in [4.69, 9.17) is 11.6 Å². The number of carbonyl (C=O) groups is 1. The molecule has 102 valence electrons. The summed E-state index contributed by atoms with van der Waals surface area (Å²) in [7, 11) is 0. The van der Waals surface area contributed by atoms with Gasteiger partial charge in [-0.15, -0.1) is 28.5 Å². The summed E-state index contributed by atoms with van der Waals surface area (Å²) in [6.07, 6.45) is 1.81. The Bertz CT molecular complexity index is 616. The van der Waals surface area contributed by atoms with Crippen LogP contribution < -0.4 is 5.32 Å². The van der Waals surface area contributed by atoms with Gasteiger partial charge in [0.1, 0.15) is 0 Å². The van der Waals surface area contributed by atoms with Crippen molar-refractivity contribution >= 4 is 35.0 Å². The Morgan fingerprint density at radius 3 is 2.80 bits per heavy atom. The van der Waals surface area contributed by atoms with E-state index in [9.17, 15) is 4.79 Å². The Balaban J connectivity index is 2.15. The fraction of sp³-hybridized carbons (Fsp3) is 0.0714. The zero-order valence-corrected chi connectivity index (χ0v) is 12.1. The minimum atomic E-state index is -0.319. The van der Waals surface area contributed by atoms with Crippen LogP contribution in [0.5, 0.6) is 0 Å². The standard InChI is InChI=1S/C14H12ClN3OS/c1-2-9-20-12-6-4-3-5-10(12)16-14(19)11-7-8-13(15)18-17-11/h2-8H,1,9H2,(H,16,19). The molecule has 1 aromatic heterocycles. The number of para-hydroxylation sites is 1. The molecule has 1 N–H and O–H groups in total. The monoisotopic (exact) mass is 305 g/mol. The van der Waals surface area contributed by atoms with Gasteiger partial charge in [-0.25, -0.2) is 0 Å². The number of nitrogens with zero attached hydrogens (tertiary/aromatic N) is 2. The molecule has 1 amide bonds. The number of anilines is 1. The summed E-state index contributed by atoms with van der Waals surface area (Å²) < 4.78 is 0. The van der Waals surface area contributed by atoms with E-state index in [1.807, 2.05) is 30.3 Å². The molecule has 0 fully saturated rings. The third-order valence-electron chi connectivity index (χ3n) is 2.36. The number of rotatable bonds is 5. The maximum Gasteiger partial charge on any atom is 0.276 e. The molecule has 0 saturated heterocycles. The quantitative estimate of drug-likeness (QED) is 0.676. The van der Waals surface area contributed by atoms with Gasteiger partial charge in [-0.05, 0) is 24.3 Å². The van der Waals surface area contributed by atoms with Gasteiger partial charge < -0.3 is 5.32 Å². The molecule has 0 spiro atoms. The normalized spacial score (nSPS) is 10.1. The van der Waals surface area contributed by atoms with Gasteiger partial charge in [0.05, 0.1) is 5.69 Å². The molecule has 0 radical (unpaired) electrons. The highest BCUT2D eigenvalue weighted by Gasteiger charge is 2.10. The van der Waals surface area contributed by atoms with Gasteiger partial charge in [-0.2, -0.15) is 0 Å². The first-order valence-electron chi connectivity index (χ1n) is 5.84. The summed E-state index contributed by atoms with van der Waals surface area (Å²) in [5.41, 5.74) is 0.957. The van der Waals surface area contributed by atoms with Crippen LogP contribution in [0, 0.1) is 0 Å². The largest absolute Gasteiger partial charge is 0.320 e. The number of carbonyl (C=O) groups excluding carboxylic acids is 1. The lowest BCUT2D eigenvalue weighted by Gasteiger charge is -2.09. The Kier molecular flexibility index (Phi) is 5.15. The molecule has 1 heterocycles. The lowest BCUT2D eigenvalue weighted by Crippen LogP contribution is -2.14. The first kappa shape index (κ1) is 14.6. The van der Waals surface area contributed by atoms with E-state index >= 15 is 0 Å². The lowest BCUT2D eigenvalue weighted by molar-refractivity contribution is 0.102. The molecular formula is C14H12ClN3OS. The molecule has 4 nitrogen and oxygen atoms in total. The molecule has 0 bridgehead atoms. The first-order valence-corrected chi connectivity index (χ1v) is 7.20. The summed E-state index contributed by atoms with van der Waals surface area (Å²) in [6.45, 7) is 3.68. The highest BCUT2D eigenvalue weighted by Crippen LogP contribution is 2.27. The van der Waals surface area contributed by atoms with Crippen LogP contribution in [0.3, 0.4) is 0 Å². The molecule has 0 aliphatic rings. The van der Waals surface area contributed by atoms with Gasteiger partial charge in [0.2, 0.25) is 0 Å². The average molecular weight is 306 g/mol. The molecule has 1 aromatic carbocycles. The summed E-state index contributed by atoms with van der Waals surface area (Å²) >= 11 is 7.24. The smallest absolute Gasteiger partial charge is 0.276 e. The van der Waals surface area contributed by atoms with Crippen LogP contribution in [0.2, 0.25) is 5.15 Å². The number of benzene rings is 1. The lowest BCUT2D eigenvalue weighted by atomic mass is 10.3. The third-order valence-corrected chi connectivity index (χ3v) is 3.63. The number of hydrogen-bond acceptors (Lipinski definition) is 4. The van der Waals surface area contributed by atoms with E-state index in [0.717, 1.165) is 16.3 Å². The minimum Gasteiger partial charge on any atom is -0.320 e. The molecule has 0 unspecified atom stereocenters. The van der Waals surface area contributed by atoms with Crippen LogP contribution in [0.15, 0.2) is 53.9 Å². The van der Waals surface area contributed by atoms with Crippen molar-refractivity contribution < 1.29 is 4.79 Å². The van der Waals surface area contributed by atoms with Crippen LogP contribution >= 0.6 is 23.4 Å². The van der Waals surface area contributed by atoms with Crippen molar-refractivity contribution in [3.8, 4) is 0 Å². The first-order chi connectivity index (χ1) is 9.70. The maximum atomic E-state index is 12.1. The zero-order chi connectivity index (χ0) is 14.4. The van der Waals surface area contributed by atoms with Crippen LogP contribution in [0.1, 0.15) is 10.5 Å². The van der Waals surface area contributed by atoms with E-state index < -0.39 is 0 Å². The van der Waals surface area contributed by atoms with Crippen molar-refractivity contribution in [2.45, 2.75) is 4.90 Å². The highest BCUT2D eigenvalue weighted by molar-refractivity contribution is 7.99. The minimum absolute atomic E-state index is 0.220. The maximum absolute atomic E-state index is 12.1. The van der Waals surface area contributed by atoms with Gasteiger partial charge in [-0.1, -0.05) is 29.8 Å². The van der Waals surface area contributed by atoms with E-state index in [2.05, 4.69) is 22.1 Å². The number of hydrogen-bond donors (Lipinski definition) is 1. The van der Waals surface area contributed by atoms with Gasteiger partial charge in [0.25, 0.3) is 5.91 Å². The molecule has 0 aliphatic heterocycles. The van der Waals surface area contributed by atoms with Crippen molar-refractivity contribution in [1.29, 1.82) is 0 Å². The Labute approximate surface area is 126 Å². The van der Waals surface area contributed by atoms with E-state index in [1.165, 1.54) is 12.1 Å². The van der Waals surface area contributed by atoms with E-state index in [1.54, 1.807) is 11.8 Å². The Hall–Kier alpha value is -1.85. The second kappa shape index (κ2) is 7.07. The van der Waals surface area contributed by atoms with Crippen LogP contribution in [-0.4, -0.2) is 21.9 Å². The fourth-order valence-corrected chi connectivity index (χ4v) is 2.32. The third kappa shape index (κ3) is 3.82. The molecule has 0 aliphatic carbocycles. The molecular weight excluding hydrogens is 294 g/mol. The number of aromatic nitrogens is 2. The van der Waals surface area contributed by atoms with Crippen molar-refractivity contribution in [3.63, 3.8) is 0 Å². The molecule has 2 rings (SSSR count). The molecule has 6 heteroatoms. The van der Waals surface area contributed by atoms with Crippen LogP contribution in [-0.2, 0) is 0 Å². The topological polar surface area (TPSA) is 54.9 Å². The van der Waals surface area contributed by atoms with Crippen molar-refractivity contribution in [2.75, 3.05) is 11.1 Å². The van der Waals surface area contributed by atoms with Crippen molar-refractivity contribution in [1.82, 2.24) is 10.2 Å². The summed E-state index contributed by atoms with van der Waals surface area (Å²) in [5.74, 6) is 0.453. The van der Waals surface area contributed by atoms with Gasteiger partial charge in [0.15, 0.2) is 10.8 Å². The zero-order valence-electron chi connectivity index (χ0n) is 10.5. The predicted octanol–water partition coefficient (Wildman–Crippen LogP) is 3.66. The average Bonchev–Trinajstić information content (AvgIpc) is 2.47. The second-order valence-electron chi connectivity index (χ2n) is 3.79. The van der Waals surface area contributed by atoms with Crippen LogP contribution in [0.4, 0.5) is 5.69 Å². The van der Waals surface area contributed by atoms with Gasteiger partial charge in [0, 0.05) is 10.6 Å². The number of nitrogens with one attached hydrogen (secondary N) is 1. The molecule has 2 aromatic rings. The van der Waals surface area contributed by atoms with Crippen molar-refractivity contribution in [3.05, 3.63) is 59.9 Å². The molecule has 0 atom stereocenters. The SMILES string of the molecule is C=CCSc1ccccc1NC(=O)c1ccc(Cl)nn1. The van der Waals surface area contributed by atoms with Crippen LogP contribution in [0.25, 0.3) is 0 Å². The molecule has 20 heavy (non-hydrogen) atoms. The summed E-state index contributed by atoms with van der Waals surface area (Å²) in [6, 6.07) is 10.6. The highest BCUT2D eigenvalue weighted by atomic mass is 35.5. The second-order valence-corrected chi connectivity index (χ2v) is 5.24. The van der Waals surface area contributed by atoms with Gasteiger partial charge in [-0.3, -0.25) is 4.79 Å². The number of thioether (sulfide) groups is 1. The van der Waals surface area contributed by atoms with Crippen molar-refractivity contribution in [2.24, 2.45) is 0 Å². The summed E-state index contributed by atoms with van der Waals surface area (Å²) in [5, 5.41) is 10.5.